The first-order valence-corrected chi connectivity index (χ1v) is 5.55. The normalized spacial score (nSPS) is 12.4. The van der Waals surface area contributed by atoms with Crippen molar-refractivity contribution in [1.82, 2.24) is 10.1 Å². The zero-order valence-electron chi connectivity index (χ0n) is 9.67. The highest BCUT2D eigenvalue weighted by molar-refractivity contribution is 5.20. The van der Waals surface area contributed by atoms with Crippen LogP contribution in [-0.2, 0) is 6.61 Å². The third-order valence-electron chi connectivity index (χ3n) is 2.35. The van der Waals surface area contributed by atoms with Crippen molar-refractivity contribution in [1.29, 1.82) is 0 Å². The van der Waals surface area contributed by atoms with Crippen molar-refractivity contribution >= 4 is 0 Å². The summed E-state index contributed by atoms with van der Waals surface area (Å²) < 4.78 is 10.5. The molecule has 0 aliphatic carbocycles. The second-order valence-electron chi connectivity index (χ2n) is 3.67. The molecule has 0 radical (unpaired) electrons. The molecule has 1 aromatic carbocycles. The molecule has 2 aromatic rings. The first-order valence-electron chi connectivity index (χ1n) is 5.55. The predicted molar refractivity (Wildman–Crippen MR) is 62.3 cm³/mol. The SMILES string of the molecule is CC[C@H](N)c1nc(COc2ccccc2)no1. The lowest BCUT2D eigenvalue weighted by molar-refractivity contribution is 0.283. The molecule has 1 heterocycles. The predicted octanol–water partition coefficient (Wildman–Crippen LogP) is 2.06. The van der Waals surface area contributed by atoms with E-state index in [-0.39, 0.29) is 12.6 Å². The van der Waals surface area contributed by atoms with Crippen LogP contribution >= 0.6 is 0 Å². The summed E-state index contributed by atoms with van der Waals surface area (Å²) in [4.78, 5) is 4.17. The molecule has 0 spiro atoms. The average Bonchev–Trinajstić information content (AvgIpc) is 2.85. The van der Waals surface area contributed by atoms with E-state index in [0.29, 0.717) is 11.7 Å². The third-order valence-corrected chi connectivity index (χ3v) is 2.35. The highest BCUT2D eigenvalue weighted by Crippen LogP contribution is 2.13. The number of rotatable bonds is 5. The Morgan fingerprint density at radius 3 is 2.82 bits per heavy atom. The Morgan fingerprint density at radius 1 is 1.35 bits per heavy atom. The van der Waals surface area contributed by atoms with Crippen LogP contribution in [0.2, 0.25) is 0 Å². The number of hydrogen-bond donors (Lipinski definition) is 1. The Labute approximate surface area is 99.6 Å². The number of benzene rings is 1. The summed E-state index contributed by atoms with van der Waals surface area (Å²) in [6, 6.07) is 9.29. The lowest BCUT2D eigenvalue weighted by atomic mass is 10.2. The molecule has 5 nitrogen and oxygen atoms in total. The van der Waals surface area contributed by atoms with Crippen molar-refractivity contribution in [3.63, 3.8) is 0 Å². The molecular weight excluding hydrogens is 218 g/mol. The van der Waals surface area contributed by atoms with Gasteiger partial charge in [-0.3, -0.25) is 0 Å². The monoisotopic (exact) mass is 233 g/mol. The molecule has 0 saturated heterocycles. The van der Waals surface area contributed by atoms with E-state index in [2.05, 4.69) is 10.1 Å². The average molecular weight is 233 g/mol. The van der Waals surface area contributed by atoms with Crippen LogP contribution in [0.1, 0.15) is 31.1 Å². The van der Waals surface area contributed by atoms with Crippen LogP contribution < -0.4 is 10.5 Å². The number of hydrogen-bond acceptors (Lipinski definition) is 5. The molecule has 1 aromatic heterocycles. The lowest BCUT2D eigenvalue weighted by Gasteiger charge is -2.01. The van der Waals surface area contributed by atoms with Gasteiger partial charge in [-0.25, -0.2) is 0 Å². The Morgan fingerprint density at radius 2 is 2.12 bits per heavy atom. The highest BCUT2D eigenvalue weighted by atomic mass is 16.5. The standard InChI is InChI=1S/C12H15N3O2/c1-2-10(13)12-14-11(15-17-12)8-16-9-6-4-3-5-7-9/h3-7,10H,2,8,13H2,1H3/t10-/m0/s1. The number of nitrogens with zero attached hydrogens (tertiary/aromatic N) is 2. The van der Waals surface area contributed by atoms with E-state index in [1.165, 1.54) is 0 Å². The second kappa shape index (κ2) is 5.45. The largest absolute Gasteiger partial charge is 0.485 e. The van der Waals surface area contributed by atoms with Gasteiger partial charge in [0, 0.05) is 0 Å². The maximum Gasteiger partial charge on any atom is 0.243 e. The van der Waals surface area contributed by atoms with Crippen LogP contribution in [0.3, 0.4) is 0 Å². The fraction of sp³-hybridized carbons (Fsp3) is 0.333. The van der Waals surface area contributed by atoms with Gasteiger partial charge in [-0.15, -0.1) is 0 Å². The van der Waals surface area contributed by atoms with Crippen LogP contribution in [0.25, 0.3) is 0 Å². The number of ether oxygens (including phenoxy) is 1. The van der Waals surface area contributed by atoms with E-state index in [1.807, 2.05) is 37.3 Å². The summed E-state index contributed by atoms with van der Waals surface area (Å²) in [5.41, 5.74) is 5.78. The fourth-order valence-electron chi connectivity index (χ4n) is 1.32. The molecule has 90 valence electrons. The minimum Gasteiger partial charge on any atom is -0.485 e. The third kappa shape index (κ3) is 3.04. The van der Waals surface area contributed by atoms with Gasteiger partial charge in [-0.05, 0) is 18.6 Å². The number of para-hydroxylation sites is 1. The molecule has 17 heavy (non-hydrogen) atoms. The van der Waals surface area contributed by atoms with Crippen LogP contribution in [0, 0.1) is 0 Å². The van der Waals surface area contributed by atoms with E-state index in [4.69, 9.17) is 15.0 Å². The summed E-state index contributed by atoms with van der Waals surface area (Å²) in [5, 5.41) is 3.81. The Hall–Kier alpha value is -1.88. The van der Waals surface area contributed by atoms with Gasteiger partial charge in [-0.2, -0.15) is 4.98 Å². The summed E-state index contributed by atoms with van der Waals surface area (Å²) in [6.45, 7) is 2.25. The molecule has 2 rings (SSSR count). The van der Waals surface area contributed by atoms with Gasteiger partial charge in [0.1, 0.15) is 5.75 Å². The Balaban J connectivity index is 1.94. The summed E-state index contributed by atoms with van der Waals surface area (Å²) in [6.07, 6.45) is 0.765. The first-order chi connectivity index (χ1) is 8.29. The first kappa shape index (κ1) is 11.6. The summed E-state index contributed by atoms with van der Waals surface area (Å²) in [7, 11) is 0. The summed E-state index contributed by atoms with van der Waals surface area (Å²) >= 11 is 0. The van der Waals surface area contributed by atoms with E-state index in [1.54, 1.807) is 0 Å². The number of aromatic nitrogens is 2. The maximum absolute atomic E-state index is 5.78. The molecule has 0 bridgehead atoms. The minimum atomic E-state index is -0.201. The van der Waals surface area contributed by atoms with Crippen molar-refractivity contribution in [2.75, 3.05) is 0 Å². The van der Waals surface area contributed by atoms with Gasteiger partial charge < -0.3 is 15.0 Å². The zero-order chi connectivity index (χ0) is 12.1. The lowest BCUT2D eigenvalue weighted by Crippen LogP contribution is -2.09. The highest BCUT2D eigenvalue weighted by Gasteiger charge is 2.12. The van der Waals surface area contributed by atoms with Crippen molar-refractivity contribution in [3.8, 4) is 5.75 Å². The van der Waals surface area contributed by atoms with Gasteiger partial charge in [0.15, 0.2) is 6.61 Å². The smallest absolute Gasteiger partial charge is 0.243 e. The van der Waals surface area contributed by atoms with E-state index in [0.717, 1.165) is 12.2 Å². The molecule has 2 N–H and O–H groups in total. The molecule has 0 saturated carbocycles. The van der Waals surface area contributed by atoms with Gasteiger partial charge in [0.2, 0.25) is 11.7 Å². The quantitative estimate of drug-likeness (QED) is 0.855. The molecule has 1 atom stereocenters. The number of nitrogens with two attached hydrogens (primary N) is 1. The molecule has 0 amide bonds. The molecule has 5 heteroatoms. The summed E-state index contributed by atoms with van der Waals surface area (Å²) in [5.74, 6) is 1.74. The van der Waals surface area contributed by atoms with E-state index >= 15 is 0 Å². The van der Waals surface area contributed by atoms with Crippen molar-refractivity contribution in [3.05, 3.63) is 42.0 Å². The van der Waals surface area contributed by atoms with Crippen LogP contribution in [0.5, 0.6) is 5.75 Å². The van der Waals surface area contributed by atoms with Crippen LogP contribution in [-0.4, -0.2) is 10.1 Å². The topological polar surface area (TPSA) is 74.2 Å². The van der Waals surface area contributed by atoms with E-state index < -0.39 is 0 Å². The molecule has 0 aliphatic heterocycles. The zero-order valence-corrected chi connectivity index (χ0v) is 9.67. The van der Waals surface area contributed by atoms with Crippen LogP contribution in [0.4, 0.5) is 0 Å². The van der Waals surface area contributed by atoms with Crippen molar-refractivity contribution in [2.24, 2.45) is 5.73 Å². The van der Waals surface area contributed by atoms with Gasteiger partial charge >= 0.3 is 0 Å². The Kier molecular flexibility index (Phi) is 3.72. The second-order valence-corrected chi connectivity index (χ2v) is 3.67. The molecular formula is C12H15N3O2. The minimum absolute atomic E-state index is 0.201. The fourth-order valence-corrected chi connectivity index (χ4v) is 1.32. The molecule has 0 aliphatic rings. The van der Waals surface area contributed by atoms with Gasteiger partial charge in [0.05, 0.1) is 6.04 Å². The van der Waals surface area contributed by atoms with Crippen molar-refractivity contribution < 1.29 is 9.26 Å². The molecule has 0 fully saturated rings. The van der Waals surface area contributed by atoms with E-state index in [9.17, 15) is 0 Å². The Bertz CT molecular complexity index is 456. The maximum atomic E-state index is 5.78. The van der Waals surface area contributed by atoms with Crippen LogP contribution in [0.15, 0.2) is 34.9 Å². The van der Waals surface area contributed by atoms with Gasteiger partial charge in [0.25, 0.3) is 0 Å². The molecule has 0 unspecified atom stereocenters. The van der Waals surface area contributed by atoms with Gasteiger partial charge in [-0.1, -0.05) is 30.3 Å². The van der Waals surface area contributed by atoms with Crippen molar-refractivity contribution in [2.45, 2.75) is 26.0 Å².